The standard InChI is InChI=1S/C18H18N4O4S/c1-25-14-8-7-11(9-15(14)26-2)20-16(23)10-27-18-21-13-6-4-3-5-12(13)17(24)22(18)19/h3-9H,10,19H2,1-2H3,(H,20,23). The number of benzene rings is 2. The molecular weight excluding hydrogens is 368 g/mol. The van der Waals surface area contributed by atoms with E-state index in [9.17, 15) is 9.59 Å². The van der Waals surface area contributed by atoms with Crippen molar-refractivity contribution in [1.82, 2.24) is 9.66 Å². The van der Waals surface area contributed by atoms with Gasteiger partial charge in [-0.2, -0.15) is 0 Å². The molecule has 1 aromatic heterocycles. The van der Waals surface area contributed by atoms with E-state index < -0.39 is 0 Å². The summed E-state index contributed by atoms with van der Waals surface area (Å²) in [7, 11) is 3.06. The van der Waals surface area contributed by atoms with Crippen molar-refractivity contribution in [2.45, 2.75) is 5.16 Å². The van der Waals surface area contributed by atoms with E-state index in [4.69, 9.17) is 15.3 Å². The summed E-state index contributed by atoms with van der Waals surface area (Å²) >= 11 is 1.08. The Bertz CT molecular complexity index is 1050. The minimum atomic E-state index is -0.358. The van der Waals surface area contributed by atoms with Crippen LogP contribution in [0, 0.1) is 0 Å². The van der Waals surface area contributed by atoms with Crippen LogP contribution in [0.2, 0.25) is 0 Å². The van der Waals surface area contributed by atoms with Crippen LogP contribution in [0.3, 0.4) is 0 Å². The number of hydrogen-bond acceptors (Lipinski definition) is 7. The highest BCUT2D eigenvalue weighted by Gasteiger charge is 2.12. The van der Waals surface area contributed by atoms with Crippen LogP contribution in [0.25, 0.3) is 10.9 Å². The molecule has 0 fully saturated rings. The third-order valence-corrected chi connectivity index (χ3v) is 4.73. The van der Waals surface area contributed by atoms with Gasteiger partial charge in [-0.1, -0.05) is 23.9 Å². The number of nitrogens with zero attached hydrogens (tertiary/aromatic N) is 2. The molecule has 0 bridgehead atoms. The normalized spacial score (nSPS) is 10.6. The summed E-state index contributed by atoms with van der Waals surface area (Å²) in [6.07, 6.45) is 0. The first-order chi connectivity index (χ1) is 13.0. The van der Waals surface area contributed by atoms with Crippen LogP contribution in [0.4, 0.5) is 5.69 Å². The van der Waals surface area contributed by atoms with Crippen LogP contribution in [0.15, 0.2) is 52.4 Å². The maximum absolute atomic E-state index is 12.3. The van der Waals surface area contributed by atoms with Crippen molar-refractivity contribution in [2.75, 3.05) is 31.1 Å². The lowest BCUT2D eigenvalue weighted by atomic mass is 10.2. The Labute approximate surface area is 159 Å². The lowest BCUT2D eigenvalue weighted by Gasteiger charge is -2.11. The van der Waals surface area contributed by atoms with E-state index in [1.54, 1.807) is 42.5 Å². The smallest absolute Gasteiger partial charge is 0.280 e. The summed E-state index contributed by atoms with van der Waals surface area (Å²) in [6.45, 7) is 0. The van der Waals surface area contributed by atoms with Crippen molar-refractivity contribution in [2.24, 2.45) is 0 Å². The van der Waals surface area contributed by atoms with Gasteiger partial charge in [0.1, 0.15) is 0 Å². The summed E-state index contributed by atoms with van der Waals surface area (Å²) in [5.41, 5.74) is 0.741. The number of nitrogen functional groups attached to an aromatic ring is 1. The molecule has 3 aromatic rings. The van der Waals surface area contributed by atoms with Gasteiger partial charge in [0, 0.05) is 11.8 Å². The predicted molar refractivity (Wildman–Crippen MR) is 105 cm³/mol. The number of ether oxygens (including phenoxy) is 2. The predicted octanol–water partition coefficient (Wildman–Crippen LogP) is 1.86. The number of nitrogens with two attached hydrogens (primary N) is 1. The Morgan fingerprint density at radius 2 is 1.93 bits per heavy atom. The maximum Gasteiger partial charge on any atom is 0.280 e. The molecule has 27 heavy (non-hydrogen) atoms. The molecule has 1 amide bonds. The van der Waals surface area contributed by atoms with E-state index in [1.807, 2.05) is 0 Å². The topological polar surface area (TPSA) is 108 Å². The molecule has 8 nitrogen and oxygen atoms in total. The number of fused-ring (bicyclic) bond motifs is 1. The second-order valence-corrected chi connectivity index (χ2v) is 6.44. The average molecular weight is 386 g/mol. The highest BCUT2D eigenvalue weighted by atomic mass is 32.2. The SMILES string of the molecule is COc1ccc(NC(=O)CSc2nc3ccccc3c(=O)n2N)cc1OC. The van der Waals surface area contributed by atoms with E-state index in [0.29, 0.717) is 28.1 Å². The number of methoxy groups -OCH3 is 2. The van der Waals surface area contributed by atoms with Crippen LogP contribution < -0.4 is 26.2 Å². The van der Waals surface area contributed by atoms with Gasteiger partial charge in [-0.25, -0.2) is 9.66 Å². The van der Waals surface area contributed by atoms with Crippen molar-refractivity contribution >= 4 is 34.3 Å². The van der Waals surface area contributed by atoms with E-state index in [1.165, 1.54) is 14.2 Å². The van der Waals surface area contributed by atoms with Crippen LogP contribution in [-0.2, 0) is 4.79 Å². The monoisotopic (exact) mass is 386 g/mol. The molecular formula is C18H18N4O4S. The number of rotatable bonds is 6. The summed E-state index contributed by atoms with van der Waals surface area (Å²) in [5.74, 6) is 6.66. The van der Waals surface area contributed by atoms with Gasteiger partial charge in [-0.15, -0.1) is 0 Å². The Hall–Kier alpha value is -3.20. The summed E-state index contributed by atoms with van der Waals surface area (Å²) < 4.78 is 11.3. The number of anilines is 1. The molecule has 3 rings (SSSR count). The van der Waals surface area contributed by atoms with Gasteiger partial charge in [0.15, 0.2) is 16.7 Å². The highest BCUT2D eigenvalue weighted by molar-refractivity contribution is 7.99. The van der Waals surface area contributed by atoms with Crippen LogP contribution in [-0.4, -0.2) is 35.5 Å². The van der Waals surface area contributed by atoms with Gasteiger partial charge in [-0.05, 0) is 24.3 Å². The van der Waals surface area contributed by atoms with E-state index in [0.717, 1.165) is 16.4 Å². The molecule has 3 N–H and O–H groups in total. The zero-order valence-corrected chi connectivity index (χ0v) is 15.6. The quantitative estimate of drug-likeness (QED) is 0.378. The number of nitrogens with one attached hydrogen (secondary N) is 1. The summed E-state index contributed by atoms with van der Waals surface area (Å²) in [5, 5.41) is 3.45. The minimum absolute atomic E-state index is 0.0380. The number of amides is 1. The molecule has 1 heterocycles. The first kappa shape index (κ1) is 18.6. The summed E-state index contributed by atoms with van der Waals surface area (Å²) in [6, 6.07) is 12.0. The van der Waals surface area contributed by atoms with Crippen LogP contribution in [0.1, 0.15) is 0 Å². The molecule has 0 atom stereocenters. The van der Waals surface area contributed by atoms with Crippen molar-refractivity contribution in [1.29, 1.82) is 0 Å². The summed E-state index contributed by atoms with van der Waals surface area (Å²) in [4.78, 5) is 28.9. The molecule has 0 aliphatic rings. The fourth-order valence-corrected chi connectivity index (χ4v) is 3.19. The zero-order chi connectivity index (χ0) is 19.4. The number of thioether (sulfide) groups is 1. The Balaban J connectivity index is 1.72. The second kappa shape index (κ2) is 8.00. The van der Waals surface area contributed by atoms with E-state index in [-0.39, 0.29) is 22.4 Å². The fraction of sp³-hybridized carbons (Fsp3) is 0.167. The van der Waals surface area contributed by atoms with Gasteiger partial charge in [0.2, 0.25) is 5.91 Å². The van der Waals surface area contributed by atoms with Gasteiger partial charge in [0.05, 0.1) is 30.9 Å². The Kier molecular flexibility index (Phi) is 5.51. The molecule has 0 aliphatic heterocycles. The van der Waals surface area contributed by atoms with Crippen molar-refractivity contribution in [3.63, 3.8) is 0 Å². The van der Waals surface area contributed by atoms with Gasteiger partial charge in [-0.3, -0.25) is 9.59 Å². The van der Waals surface area contributed by atoms with Crippen LogP contribution in [0.5, 0.6) is 11.5 Å². The molecule has 2 aromatic carbocycles. The van der Waals surface area contributed by atoms with Gasteiger partial charge in [0.25, 0.3) is 5.56 Å². The second-order valence-electron chi connectivity index (χ2n) is 5.49. The molecule has 0 radical (unpaired) electrons. The highest BCUT2D eigenvalue weighted by Crippen LogP contribution is 2.29. The van der Waals surface area contributed by atoms with Crippen LogP contribution >= 0.6 is 11.8 Å². The zero-order valence-electron chi connectivity index (χ0n) is 14.8. The number of para-hydroxylation sites is 1. The molecule has 0 saturated heterocycles. The molecule has 0 saturated carbocycles. The Morgan fingerprint density at radius 1 is 1.19 bits per heavy atom. The maximum atomic E-state index is 12.3. The molecule has 140 valence electrons. The third kappa shape index (κ3) is 3.98. The van der Waals surface area contributed by atoms with Gasteiger partial charge >= 0.3 is 0 Å². The lowest BCUT2D eigenvalue weighted by molar-refractivity contribution is -0.113. The fourth-order valence-electron chi connectivity index (χ4n) is 2.47. The Morgan fingerprint density at radius 3 is 2.67 bits per heavy atom. The first-order valence-corrected chi connectivity index (χ1v) is 8.93. The van der Waals surface area contributed by atoms with E-state index in [2.05, 4.69) is 10.3 Å². The average Bonchev–Trinajstić information content (AvgIpc) is 2.69. The number of hydrogen-bond donors (Lipinski definition) is 2. The minimum Gasteiger partial charge on any atom is -0.493 e. The molecule has 0 spiro atoms. The van der Waals surface area contributed by atoms with Crippen molar-refractivity contribution in [3.8, 4) is 11.5 Å². The number of carbonyl (C=O) groups excluding carboxylic acids is 1. The lowest BCUT2D eigenvalue weighted by Crippen LogP contribution is -2.30. The van der Waals surface area contributed by atoms with E-state index >= 15 is 0 Å². The molecule has 0 unspecified atom stereocenters. The van der Waals surface area contributed by atoms with Gasteiger partial charge < -0.3 is 20.6 Å². The third-order valence-electron chi connectivity index (χ3n) is 3.78. The number of carbonyl (C=O) groups is 1. The van der Waals surface area contributed by atoms with Crippen molar-refractivity contribution < 1.29 is 14.3 Å². The largest absolute Gasteiger partial charge is 0.493 e. The molecule has 0 aliphatic carbocycles. The first-order valence-electron chi connectivity index (χ1n) is 7.95. The molecule has 9 heteroatoms. The number of aromatic nitrogens is 2. The van der Waals surface area contributed by atoms with Crippen molar-refractivity contribution in [3.05, 3.63) is 52.8 Å².